The van der Waals surface area contributed by atoms with Gasteiger partial charge in [-0.25, -0.2) is 0 Å². The summed E-state index contributed by atoms with van der Waals surface area (Å²) in [7, 11) is 0. The van der Waals surface area contributed by atoms with Gasteiger partial charge in [-0.05, 0) is 37.3 Å². The van der Waals surface area contributed by atoms with E-state index in [1.807, 2.05) is 6.07 Å². The molecule has 1 aromatic rings. The van der Waals surface area contributed by atoms with Crippen LogP contribution in [0.4, 0.5) is 0 Å². The van der Waals surface area contributed by atoms with Crippen LogP contribution in [-0.4, -0.2) is 28.6 Å². The van der Waals surface area contributed by atoms with E-state index in [4.69, 9.17) is 5.11 Å². The van der Waals surface area contributed by atoms with E-state index in [0.29, 0.717) is 12.0 Å². The molecule has 1 unspecified atom stereocenters. The molecule has 0 spiro atoms. The predicted octanol–water partition coefficient (Wildman–Crippen LogP) is 2.76. The minimum absolute atomic E-state index is 0.0821. The van der Waals surface area contributed by atoms with Crippen molar-refractivity contribution in [3.05, 3.63) is 35.9 Å². The van der Waals surface area contributed by atoms with Crippen molar-refractivity contribution in [3.8, 4) is 0 Å². The summed E-state index contributed by atoms with van der Waals surface area (Å²) in [6, 6.07) is 11.0. The molecule has 102 valence electrons. The number of hydrogen-bond donors (Lipinski definition) is 1. The summed E-state index contributed by atoms with van der Waals surface area (Å²) >= 11 is 0. The lowest BCUT2D eigenvalue weighted by Crippen LogP contribution is -2.41. The number of carboxylic acid groups (broad SMARTS) is 1. The number of piperidine rings is 1. The van der Waals surface area contributed by atoms with Crippen LogP contribution < -0.4 is 0 Å². The lowest BCUT2D eigenvalue weighted by atomic mass is 9.96. The summed E-state index contributed by atoms with van der Waals surface area (Å²) in [5.41, 5.74) is 1.34. The van der Waals surface area contributed by atoms with E-state index < -0.39 is 5.97 Å². The van der Waals surface area contributed by atoms with Gasteiger partial charge in [0, 0.05) is 12.6 Å². The first-order chi connectivity index (χ1) is 9.25. The Bertz CT molecular complexity index is 445. The molecule has 1 saturated carbocycles. The Kier molecular flexibility index (Phi) is 3.56. The zero-order valence-corrected chi connectivity index (χ0v) is 11.2. The van der Waals surface area contributed by atoms with Gasteiger partial charge in [-0.3, -0.25) is 9.69 Å². The number of carboxylic acids is 1. The van der Waals surface area contributed by atoms with Gasteiger partial charge in [0.1, 0.15) is 0 Å². The lowest BCUT2D eigenvalue weighted by Gasteiger charge is -2.36. The summed E-state index contributed by atoms with van der Waals surface area (Å²) < 4.78 is 0. The normalized spacial score (nSPS) is 31.1. The van der Waals surface area contributed by atoms with Crippen LogP contribution in [0.1, 0.15) is 31.2 Å². The smallest absolute Gasteiger partial charge is 0.306 e. The molecule has 1 heterocycles. The molecule has 19 heavy (non-hydrogen) atoms. The highest BCUT2D eigenvalue weighted by Gasteiger charge is 2.49. The van der Waals surface area contributed by atoms with Crippen LogP contribution in [0.15, 0.2) is 30.3 Å². The second kappa shape index (κ2) is 5.33. The molecule has 3 heteroatoms. The summed E-state index contributed by atoms with van der Waals surface area (Å²) in [6.07, 6.45) is 4.54. The predicted molar refractivity (Wildman–Crippen MR) is 73.7 cm³/mol. The maximum atomic E-state index is 11.1. The minimum Gasteiger partial charge on any atom is -0.481 e. The van der Waals surface area contributed by atoms with E-state index >= 15 is 0 Å². The summed E-state index contributed by atoms with van der Waals surface area (Å²) in [6.45, 7) is 2.08. The average Bonchev–Trinajstić information content (AvgIpc) is 3.21. The van der Waals surface area contributed by atoms with Gasteiger partial charge in [0.15, 0.2) is 0 Å². The van der Waals surface area contributed by atoms with Gasteiger partial charge >= 0.3 is 5.97 Å². The van der Waals surface area contributed by atoms with Gasteiger partial charge in [-0.2, -0.15) is 0 Å². The highest BCUT2D eigenvalue weighted by atomic mass is 16.4. The monoisotopic (exact) mass is 259 g/mol. The third-order valence-electron chi connectivity index (χ3n) is 4.54. The van der Waals surface area contributed by atoms with Crippen LogP contribution in [0.2, 0.25) is 0 Å². The molecular formula is C16H21NO2. The van der Waals surface area contributed by atoms with E-state index in [1.165, 1.54) is 24.8 Å². The molecule has 3 rings (SSSR count). The van der Waals surface area contributed by atoms with Crippen LogP contribution in [-0.2, 0) is 11.3 Å². The largest absolute Gasteiger partial charge is 0.481 e. The lowest BCUT2D eigenvalue weighted by molar-refractivity contribution is -0.139. The molecular weight excluding hydrogens is 238 g/mol. The van der Waals surface area contributed by atoms with Crippen molar-refractivity contribution >= 4 is 5.97 Å². The molecule has 0 aromatic heterocycles. The molecule has 1 N–H and O–H groups in total. The van der Waals surface area contributed by atoms with Crippen LogP contribution in [0.25, 0.3) is 0 Å². The molecule has 0 bridgehead atoms. The highest BCUT2D eigenvalue weighted by molar-refractivity contribution is 5.73. The SMILES string of the molecule is O=C(O)[C@@H]1C[C@H]1C1CCCCN1Cc1ccccc1. The van der Waals surface area contributed by atoms with Crippen molar-refractivity contribution < 1.29 is 9.90 Å². The number of hydrogen-bond acceptors (Lipinski definition) is 2. The summed E-state index contributed by atoms with van der Waals surface area (Å²) in [4.78, 5) is 13.6. The molecule has 1 aliphatic carbocycles. The first-order valence-corrected chi connectivity index (χ1v) is 7.26. The summed E-state index contributed by atoms with van der Waals surface area (Å²) in [5.74, 6) is -0.293. The Hall–Kier alpha value is -1.35. The second-order valence-electron chi connectivity index (χ2n) is 5.86. The van der Waals surface area contributed by atoms with Gasteiger partial charge in [-0.1, -0.05) is 36.8 Å². The van der Waals surface area contributed by atoms with Gasteiger partial charge in [0.25, 0.3) is 0 Å². The van der Waals surface area contributed by atoms with E-state index in [2.05, 4.69) is 29.2 Å². The third-order valence-corrected chi connectivity index (χ3v) is 4.54. The maximum absolute atomic E-state index is 11.1. The van der Waals surface area contributed by atoms with Gasteiger partial charge in [0.05, 0.1) is 5.92 Å². The van der Waals surface area contributed by atoms with Crippen molar-refractivity contribution in [2.75, 3.05) is 6.54 Å². The Balaban J connectivity index is 1.66. The van der Waals surface area contributed by atoms with Gasteiger partial charge in [0.2, 0.25) is 0 Å². The zero-order valence-electron chi connectivity index (χ0n) is 11.2. The first-order valence-electron chi connectivity index (χ1n) is 7.26. The van der Waals surface area contributed by atoms with Crippen LogP contribution in [0.3, 0.4) is 0 Å². The third kappa shape index (κ3) is 2.81. The highest BCUT2D eigenvalue weighted by Crippen LogP contribution is 2.46. The zero-order chi connectivity index (χ0) is 13.2. The molecule has 1 aromatic carbocycles. The molecule has 2 fully saturated rings. The quantitative estimate of drug-likeness (QED) is 0.904. The fraction of sp³-hybridized carbons (Fsp3) is 0.562. The van der Waals surface area contributed by atoms with Crippen molar-refractivity contribution in [1.82, 2.24) is 4.90 Å². The van der Waals surface area contributed by atoms with Crippen LogP contribution in [0.5, 0.6) is 0 Å². The van der Waals surface area contributed by atoms with Gasteiger partial charge in [-0.15, -0.1) is 0 Å². The van der Waals surface area contributed by atoms with E-state index in [1.54, 1.807) is 0 Å². The van der Waals surface area contributed by atoms with E-state index in [-0.39, 0.29) is 5.92 Å². The fourth-order valence-corrected chi connectivity index (χ4v) is 3.44. The Labute approximate surface area is 114 Å². The standard InChI is InChI=1S/C16H21NO2/c18-16(19)14-10-13(14)15-8-4-5-9-17(15)11-12-6-2-1-3-7-12/h1-3,6-7,13-15H,4-5,8-11H2,(H,18,19)/t13-,14-,15?/m1/s1. The average molecular weight is 259 g/mol. The number of nitrogens with zero attached hydrogens (tertiary/aromatic N) is 1. The van der Waals surface area contributed by atoms with Crippen LogP contribution >= 0.6 is 0 Å². The molecule has 3 nitrogen and oxygen atoms in total. The summed E-state index contributed by atoms with van der Waals surface area (Å²) in [5, 5.41) is 9.11. The fourth-order valence-electron chi connectivity index (χ4n) is 3.44. The number of aliphatic carboxylic acids is 1. The number of likely N-dealkylation sites (tertiary alicyclic amines) is 1. The van der Waals surface area contributed by atoms with Crippen molar-refractivity contribution in [3.63, 3.8) is 0 Å². The van der Waals surface area contributed by atoms with Crippen molar-refractivity contribution in [2.45, 2.75) is 38.3 Å². The Morgan fingerprint density at radius 1 is 1.26 bits per heavy atom. The van der Waals surface area contributed by atoms with E-state index in [9.17, 15) is 4.79 Å². The van der Waals surface area contributed by atoms with Gasteiger partial charge < -0.3 is 5.11 Å². The molecule has 1 aliphatic heterocycles. The number of rotatable bonds is 4. The number of carbonyl (C=O) groups is 1. The Morgan fingerprint density at radius 3 is 2.74 bits per heavy atom. The Morgan fingerprint density at radius 2 is 2.05 bits per heavy atom. The maximum Gasteiger partial charge on any atom is 0.306 e. The van der Waals surface area contributed by atoms with Crippen LogP contribution in [0, 0.1) is 11.8 Å². The molecule has 2 aliphatic rings. The topological polar surface area (TPSA) is 40.5 Å². The van der Waals surface area contributed by atoms with E-state index in [0.717, 1.165) is 19.5 Å². The van der Waals surface area contributed by atoms with Crippen molar-refractivity contribution in [2.24, 2.45) is 11.8 Å². The molecule has 0 amide bonds. The van der Waals surface area contributed by atoms with Crippen molar-refractivity contribution in [1.29, 1.82) is 0 Å². The first kappa shape index (κ1) is 12.7. The molecule has 1 saturated heterocycles. The molecule has 3 atom stereocenters. The second-order valence-corrected chi connectivity index (χ2v) is 5.86. The number of benzene rings is 1. The minimum atomic E-state index is -0.602. The molecule has 0 radical (unpaired) electrons.